The summed E-state index contributed by atoms with van der Waals surface area (Å²) in [5, 5.41) is 7.30. The van der Waals surface area contributed by atoms with Crippen LogP contribution in [0.15, 0.2) is 43.1 Å². The lowest BCUT2D eigenvalue weighted by Crippen LogP contribution is -2.40. The lowest BCUT2D eigenvalue weighted by atomic mass is 9.95. The number of ether oxygens (including phenoxy) is 1. The number of amides is 1. The van der Waals surface area contributed by atoms with Gasteiger partial charge < -0.3 is 10.1 Å². The molecule has 1 aliphatic heterocycles. The van der Waals surface area contributed by atoms with Crippen molar-refractivity contribution < 1.29 is 9.53 Å². The van der Waals surface area contributed by atoms with E-state index >= 15 is 0 Å². The van der Waals surface area contributed by atoms with Crippen molar-refractivity contribution in [3.8, 4) is 0 Å². The molecule has 4 rings (SSSR count). The van der Waals surface area contributed by atoms with Crippen molar-refractivity contribution >= 4 is 11.6 Å². The first-order chi connectivity index (χ1) is 12.2. The lowest BCUT2D eigenvalue weighted by Gasteiger charge is -2.18. The number of carbonyl (C=O) groups excluding carboxylic acids is 1. The molecule has 0 spiro atoms. The Kier molecular flexibility index (Phi) is 4.15. The van der Waals surface area contributed by atoms with E-state index in [0.717, 1.165) is 12.0 Å². The molecule has 0 radical (unpaired) electrons. The van der Waals surface area contributed by atoms with Gasteiger partial charge in [0.15, 0.2) is 5.65 Å². The fraction of sp³-hybridized carbons (Fsp3) is 0.333. The molecule has 0 aliphatic carbocycles. The van der Waals surface area contributed by atoms with Crippen LogP contribution in [0.3, 0.4) is 0 Å². The molecule has 4 heterocycles. The molecule has 0 bridgehead atoms. The molecule has 1 amide bonds. The molecule has 1 aliphatic rings. The molecule has 3 aromatic heterocycles. The second-order valence-electron chi connectivity index (χ2n) is 6.39. The van der Waals surface area contributed by atoms with E-state index in [9.17, 15) is 4.79 Å². The Bertz CT molecular complexity index is 893. The third-order valence-corrected chi connectivity index (χ3v) is 4.49. The summed E-state index contributed by atoms with van der Waals surface area (Å²) in [5.41, 5.74) is 3.23. The molecule has 7 heteroatoms. The van der Waals surface area contributed by atoms with Gasteiger partial charge in [0.1, 0.15) is 5.56 Å². The summed E-state index contributed by atoms with van der Waals surface area (Å²) in [4.78, 5) is 21.1. The molecular weight excluding hydrogens is 318 g/mol. The minimum absolute atomic E-state index is 0.0268. The molecule has 0 aromatic carbocycles. The van der Waals surface area contributed by atoms with Gasteiger partial charge in [0, 0.05) is 30.7 Å². The Labute approximate surface area is 145 Å². The number of hydrogen-bond acceptors (Lipinski definition) is 5. The number of rotatable bonds is 4. The van der Waals surface area contributed by atoms with Crippen molar-refractivity contribution in [3.63, 3.8) is 0 Å². The second-order valence-corrected chi connectivity index (χ2v) is 6.39. The smallest absolute Gasteiger partial charge is 0.257 e. The summed E-state index contributed by atoms with van der Waals surface area (Å²) in [7, 11) is 0. The zero-order chi connectivity index (χ0) is 17.2. The van der Waals surface area contributed by atoms with Gasteiger partial charge in [-0.1, -0.05) is 0 Å². The fourth-order valence-corrected chi connectivity index (χ4v) is 3.16. The van der Waals surface area contributed by atoms with Crippen LogP contribution in [0.5, 0.6) is 0 Å². The van der Waals surface area contributed by atoms with Crippen LogP contribution in [0.1, 0.15) is 21.5 Å². The van der Waals surface area contributed by atoms with Crippen molar-refractivity contribution in [2.24, 2.45) is 5.92 Å². The van der Waals surface area contributed by atoms with Crippen molar-refractivity contribution in [3.05, 3.63) is 59.8 Å². The monoisotopic (exact) mass is 337 g/mol. The topological polar surface area (TPSA) is 81.4 Å². The van der Waals surface area contributed by atoms with Crippen LogP contribution in [0.25, 0.3) is 5.65 Å². The maximum absolute atomic E-state index is 12.7. The van der Waals surface area contributed by atoms with Gasteiger partial charge in [-0.3, -0.25) is 9.78 Å². The predicted octanol–water partition coefficient (Wildman–Crippen LogP) is 1.42. The first kappa shape index (κ1) is 15.7. The molecule has 0 unspecified atom stereocenters. The number of fused-ring (bicyclic) bond motifs is 1. The summed E-state index contributed by atoms with van der Waals surface area (Å²) in [5.74, 6) is 0.0740. The molecule has 1 fully saturated rings. The third-order valence-electron chi connectivity index (χ3n) is 4.49. The number of carbonyl (C=O) groups is 1. The maximum atomic E-state index is 12.7. The molecular formula is C18H19N5O2. The van der Waals surface area contributed by atoms with E-state index in [2.05, 4.69) is 20.4 Å². The van der Waals surface area contributed by atoms with E-state index in [1.807, 2.05) is 25.3 Å². The third kappa shape index (κ3) is 3.23. The highest BCUT2D eigenvalue weighted by Gasteiger charge is 2.30. The van der Waals surface area contributed by atoms with E-state index in [4.69, 9.17) is 4.74 Å². The minimum Gasteiger partial charge on any atom is -0.379 e. The predicted molar refractivity (Wildman–Crippen MR) is 91.2 cm³/mol. The number of nitrogens with one attached hydrogen (secondary N) is 1. The molecule has 3 aromatic rings. The van der Waals surface area contributed by atoms with Gasteiger partial charge in [0.05, 0.1) is 25.5 Å². The first-order valence-corrected chi connectivity index (χ1v) is 8.28. The summed E-state index contributed by atoms with van der Waals surface area (Å²) in [6, 6.07) is 3.96. The quantitative estimate of drug-likeness (QED) is 0.779. The van der Waals surface area contributed by atoms with Crippen LogP contribution in [-0.2, 0) is 11.2 Å². The molecule has 2 atom stereocenters. The summed E-state index contributed by atoms with van der Waals surface area (Å²) in [6.07, 6.45) is 9.56. The number of nitrogens with zero attached hydrogens (tertiary/aromatic N) is 4. The Morgan fingerprint density at radius 3 is 3.00 bits per heavy atom. The normalized spacial score (nSPS) is 20.0. The Hall–Kier alpha value is -2.80. The van der Waals surface area contributed by atoms with Crippen LogP contribution in [0, 0.1) is 12.8 Å². The first-order valence-electron chi connectivity index (χ1n) is 8.28. The molecule has 1 saturated heterocycles. The molecule has 0 saturated carbocycles. The summed E-state index contributed by atoms with van der Waals surface area (Å²) < 4.78 is 7.23. The van der Waals surface area contributed by atoms with Crippen LogP contribution in [0.4, 0.5) is 0 Å². The molecule has 25 heavy (non-hydrogen) atoms. The van der Waals surface area contributed by atoms with Gasteiger partial charge in [-0.25, -0.2) is 9.50 Å². The van der Waals surface area contributed by atoms with Crippen molar-refractivity contribution in [2.75, 3.05) is 13.2 Å². The van der Waals surface area contributed by atoms with E-state index < -0.39 is 0 Å². The summed E-state index contributed by atoms with van der Waals surface area (Å²) >= 11 is 0. The summed E-state index contributed by atoms with van der Waals surface area (Å²) in [6.45, 7) is 3.10. The van der Waals surface area contributed by atoms with E-state index in [1.165, 1.54) is 5.56 Å². The number of pyridine rings is 1. The second kappa shape index (κ2) is 6.60. The lowest BCUT2D eigenvalue weighted by molar-refractivity contribution is 0.0926. The largest absolute Gasteiger partial charge is 0.379 e. The zero-order valence-corrected chi connectivity index (χ0v) is 13.9. The van der Waals surface area contributed by atoms with Gasteiger partial charge in [-0.15, -0.1) is 0 Å². The Morgan fingerprint density at radius 2 is 2.16 bits per heavy atom. The Balaban J connectivity index is 1.49. The highest BCUT2D eigenvalue weighted by Crippen LogP contribution is 2.20. The maximum Gasteiger partial charge on any atom is 0.257 e. The van der Waals surface area contributed by atoms with Crippen molar-refractivity contribution in [1.82, 2.24) is 24.9 Å². The molecule has 128 valence electrons. The average molecular weight is 337 g/mol. The number of aryl methyl sites for hydroxylation is 1. The Morgan fingerprint density at radius 1 is 1.32 bits per heavy atom. The van der Waals surface area contributed by atoms with Gasteiger partial charge in [-0.05, 0) is 36.6 Å². The van der Waals surface area contributed by atoms with Crippen LogP contribution >= 0.6 is 0 Å². The standard InChI is InChI=1S/C18H19N5O2/c1-12-7-20-17-15(8-21-23(17)9-12)18(24)22-16-11-25-10-14(16)6-13-2-4-19-5-3-13/h2-5,7-9,14,16H,6,10-11H2,1H3,(H,22,24)/t14-,16-/m1/s1. The molecule has 1 N–H and O–H groups in total. The van der Waals surface area contributed by atoms with Crippen molar-refractivity contribution in [2.45, 2.75) is 19.4 Å². The minimum atomic E-state index is -0.165. The van der Waals surface area contributed by atoms with Gasteiger partial charge in [0.2, 0.25) is 0 Å². The number of aromatic nitrogens is 4. The highest BCUT2D eigenvalue weighted by molar-refractivity contribution is 5.99. The fourth-order valence-electron chi connectivity index (χ4n) is 3.16. The van der Waals surface area contributed by atoms with Gasteiger partial charge in [0.25, 0.3) is 5.91 Å². The SMILES string of the molecule is Cc1cnc2c(C(=O)N[C@@H]3COC[C@H]3Cc3ccncc3)cnn2c1. The average Bonchev–Trinajstić information content (AvgIpc) is 3.22. The molecule has 7 nitrogen and oxygen atoms in total. The van der Waals surface area contributed by atoms with E-state index in [1.54, 1.807) is 29.3 Å². The van der Waals surface area contributed by atoms with Gasteiger partial charge in [-0.2, -0.15) is 5.10 Å². The van der Waals surface area contributed by atoms with Gasteiger partial charge >= 0.3 is 0 Å². The van der Waals surface area contributed by atoms with Crippen molar-refractivity contribution in [1.29, 1.82) is 0 Å². The van der Waals surface area contributed by atoms with E-state index in [-0.39, 0.29) is 17.9 Å². The zero-order valence-electron chi connectivity index (χ0n) is 13.9. The van der Waals surface area contributed by atoms with Crippen LogP contribution in [-0.4, -0.2) is 44.7 Å². The van der Waals surface area contributed by atoms with Crippen LogP contribution < -0.4 is 5.32 Å². The highest BCUT2D eigenvalue weighted by atomic mass is 16.5. The number of hydrogen-bond donors (Lipinski definition) is 1. The van der Waals surface area contributed by atoms with E-state index in [0.29, 0.717) is 24.4 Å². The van der Waals surface area contributed by atoms with Crippen LogP contribution in [0.2, 0.25) is 0 Å².